The Kier molecular flexibility index (Phi) is 4.43. The molecule has 0 amide bonds. The summed E-state index contributed by atoms with van der Waals surface area (Å²) in [6.45, 7) is 1.95. The van der Waals surface area contributed by atoms with Gasteiger partial charge in [-0.2, -0.15) is 0 Å². The van der Waals surface area contributed by atoms with Gasteiger partial charge in [-0.05, 0) is 31.5 Å². The molecule has 15 heavy (non-hydrogen) atoms. The number of carboxylic acids is 1. The molecule has 0 saturated carbocycles. The van der Waals surface area contributed by atoms with Crippen LogP contribution in [0.2, 0.25) is 5.02 Å². The molecule has 0 heterocycles. The highest BCUT2D eigenvalue weighted by atomic mass is 35.5. The van der Waals surface area contributed by atoms with E-state index in [0.29, 0.717) is 11.4 Å². The number of nitrogens with one attached hydrogen (secondary N) is 1. The highest BCUT2D eigenvalue weighted by Gasteiger charge is 2.05. The van der Waals surface area contributed by atoms with E-state index >= 15 is 0 Å². The predicted molar refractivity (Wildman–Crippen MR) is 61.4 cm³/mol. The van der Waals surface area contributed by atoms with Crippen molar-refractivity contribution in [2.45, 2.75) is 25.8 Å². The van der Waals surface area contributed by atoms with Crippen LogP contribution in [0.5, 0.6) is 0 Å². The first-order valence-corrected chi connectivity index (χ1v) is 5.19. The molecule has 1 rings (SSSR count). The van der Waals surface area contributed by atoms with Gasteiger partial charge < -0.3 is 10.4 Å². The zero-order chi connectivity index (χ0) is 11.3. The van der Waals surface area contributed by atoms with Gasteiger partial charge in [0.2, 0.25) is 0 Å². The molecule has 0 saturated heterocycles. The Labute approximate surface area is 94.1 Å². The van der Waals surface area contributed by atoms with E-state index in [1.165, 1.54) is 0 Å². The second kappa shape index (κ2) is 5.61. The fourth-order valence-corrected chi connectivity index (χ4v) is 1.47. The first kappa shape index (κ1) is 11.9. The summed E-state index contributed by atoms with van der Waals surface area (Å²) in [5.41, 5.74) is 0.917. The number of halogens is 1. The standard InChI is InChI=1S/C11H14ClNO2/c1-8(5-6-11(14)15)13-10-4-2-3-9(12)7-10/h2-4,7-8,13H,5-6H2,1H3,(H,14,15). The molecule has 2 N–H and O–H groups in total. The fourth-order valence-electron chi connectivity index (χ4n) is 1.27. The molecule has 3 nitrogen and oxygen atoms in total. The van der Waals surface area contributed by atoms with Gasteiger partial charge in [0, 0.05) is 23.2 Å². The van der Waals surface area contributed by atoms with E-state index in [2.05, 4.69) is 5.32 Å². The van der Waals surface area contributed by atoms with Crippen LogP contribution in [-0.2, 0) is 4.79 Å². The minimum Gasteiger partial charge on any atom is -0.481 e. The number of hydrogen-bond acceptors (Lipinski definition) is 2. The number of carbonyl (C=O) groups is 1. The topological polar surface area (TPSA) is 49.3 Å². The number of carboxylic acid groups (broad SMARTS) is 1. The normalized spacial score (nSPS) is 12.1. The van der Waals surface area contributed by atoms with Crippen LogP contribution in [0.1, 0.15) is 19.8 Å². The summed E-state index contributed by atoms with van der Waals surface area (Å²) in [6.07, 6.45) is 0.774. The van der Waals surface area contributed by atoms with Crippen molar-refractivity contribution in [3.8, 4) is 0 Å². The van der Waals surface area contributed by atoms with Crippen LogP contribution in [-0.4, -0.2) is 17.1 Å². The van der Waals surface area contributed by atoms with Gasteiger partial charge in [0.25, 0.3) is 0 Å². The van der Waals surface area contributed by atoms with E-state index in [0.717, 1.165) is 5.69 Å². The molecular formula is C11H14ClNO2. The van der Waals surface area contributed by atoms with E-state index in [4.69, 9.17) is 16.7 Å². The minimum absolute atomic E-state index is 0.125. The van der Waals surface area contributed by atoms with Gasteiger partial charge >= 0.3 is 5.97 Å². The fraction of sp³-hybridized carbons (Fsp3) is 0.364. The smallest absolute Gasteiger partial charge is 0.303 e. The van der Waals surface area contributed by atoms with E-state index in [1.807, 2.05) is 25.1 Å². The third-order valence-electron chi connectivity index (χ3n) is 2.03. The van der Waals surface area contributed by atoms with Crippen molar-refractivity contribution in [2.75, 3.05) is 5.32 Å². The van der Waals surface area contributed by atoms with Crippen molar-refractivity contribution in [3.63, 3.8) is 0 Å². The molecule has 0 bridgehead atoms. The van der Waals surface area contributed by atoms with Crippen LogP contribution < -0.4 is 5.32 Å². The summed E-state index contributed by atoms with van der Waals surface area (Å²) in [4.78, 5) is 10.4. The second-order valence-corrected chi connectivity index (χ2v) is 3.92. The van der Waals surface area contributed by atoms with Gasteiger partial charge in [-0.25, -0.2) is 0 Å². The zero-order valence-electron chi connectivity index (χ0n) is 8.53. The average molecular weight is 228 g/mol. The molecule has 0 spiro atoms. The van der Waals surface area contributed by atoms with Gasteiger partial charge in [-0.1, -0.05) is 17.7 Å². The van der Waals surface area contributed by atoms with E-state index in [1.54, 1.807) is 6.07 Å². The Balaban J connectivity index is 2.44. The van der Waals surface area contributed by atoms with E-state index in [-0.39, 0.29) is 12.5 Å². The number of rotatable bonds is 5. The third-order valence-corrected chi connectivity index (χ3v) is 2.26. The molecule has 0 fully saturated rings. The molecule has 1 unspecified atom stereocenters. The molecule has 0 aliphatic heterocycles. The van der Waals surface area contributed by atoms with Crippen molar-refractivity contribution < 1.29 is 9.90 Å². The van der Waals surface area contributed by atoms with Crippen LogP contribution in [0.3, 0.4) is 0 Å². The SMILES string of the molecule is CC(CCC(=O)O)Nc1cccc(Cl)c1. The molecule has 4 heteroatoms. The van der Waals surface area contributed by atoms with Crippen LogP contribution in [0.25, 0.3) is 0 Å². The van der Waals surface area contributed by atoms with Crippen LogP contribution in [0, 0.1) is 0 Å². The van der Waals surface area contributed by atoms with Gasteiger partial charge in [0.1, 0.15) is 0 Å². The molecule has 0 aliphatic carbocycles. The van der Waals surface area contributed by atoms with Crippen molar-refractivity contribution in [2.24, 2.45) is 0 Å². The number of aliphatic carboxylic acids is 1. The summed E-state index contributed by atoms with van der Waals surface area (Å²) in [6, 6.07) is 7.50. The lowest BCUT2D eigenvalue weighted by Gasteiger charge is -2.14. The maximum absolute atomic E-state index is 10.4. The summed E-state index contributed by atoms with van der Waals surface area (Å²) >= 11 is 5.82. The van der Waals surface area contributed by atoms with Gasteiger partial charge in [0.15, 0.2) is 0 Å². The molecule has 1 aromatic rings. The lowest BCUT2D eigenvalue weighted by Crippen LogP contribution is -2.16. The van der Waals surface area contributed by atoms with Crippen molar-refractivity contribution in [1.29, 1.82) is 0 Å². The Hall–Kier alpha value is -1.22. The Morgan fingerprint density at radius 1 is 1.60 bits per heavy atom. The van der Waals surface area contributed by atoms with Crippen molar-refractivity contribution in [1.82, 2.24) is 0 Å². The van der Waals surface area contributed by atoms with Crippen molar-refractivity contribution in [3.05, 3.63) is 29.3 Å². The summed E-state index contributed by atoms with van der Waals surface area (Å²) < 4.78 is 0. The van der Waals surface area contributed by atoms with E-state index in [9.17, 15) is 4.79 Å². The maximum Gasteiger partial charge on any atom is 0.303 e. The third kappa shape index (κ3) is 4.70. The molecule has 0 aliphatic rings. The Bertz CT molecular complexity index is 341. The lowest BCUT2D eigenvalue weighted by molar-refractivity contribution is -0.137. The predicted octanol–water partition coefficient (Wildman–Crippen LogP) is 3.01. The Morgan fingerprint density at radius 3 is 2.93 bits per heavy atom. The van der Waals surface area contributed by atoms with Gasteiger partial charge in [-0.3, -0.25) is 4.79 Å². The molecule has 1 atom stereocenters. The summed E-state index contributed by atoms with van der Waals surface area (Å²) in [5, 5.41) is 12.4. The minimum atomic E-state index is -0.769. The first-order chi connectivity index (χ1) is 7.08. The molecule has 82 valence electrons. The summed E-state index contributed by atoms with van der Waals surface area (Å²) in [5.74, 6) is -0.769. The summed E-state index contributed by atoms with van der Waals surface area (Å²) in [7, 11) is 0. The van der Waals surface area contributed by atoms with Crippen LogP contribution >= 0.6 is 11.6 Å². The van der Waals surface area contributed by atoms with E-state index < -0.39 is 5.97 Å². The quantitative estimate of drug-likeness (QED) is 0.813. The second-order valence-electron chi connectivity index (χ2n) is 3.49. The molecule has 1 aromatic carbocycles. The molecule has 0 radical (unpaired) electrons. The number of hydrogen-bond donors (Lipinski definition) is 2. The van der Waals surface area contributed by atoms with Gasteiger partial charge in [0.05, 0.1) is 0 Å². The molecule has 0 aromatic heterocycles. The first-order valence-electron chi connectivity index (χ1n) is 4.82. The largest absolute Gasteiger partial charge is 0.481 e. The monoisotopic (exact) mass is 227 g/mol. The van der Waals surface area contributed by atoms with Gasteiger partial charge in [-0.15, -0.1) is 0 Å². The maximum atomic E-state index is 10.4. The highest BCUT2D eigenvalue weighted by Crippen LogP contribution is 2.16. The van der Waals surface area contributed by atoms with Crippen LogP contribution in [0.15, 0.2) is 24.3 Å². The Morgan fingerprint density at radius 2 is 2.33 bits per heavy atom. The zero-order valence-corrected chi connectivity index (χ0v) is 9.29. The highest BCUT2D eigenvalue weighted by molar-refractivity contribution is 6.30. The average Bonchev–Trinajstić information content (AvgIpc) is 2.15. The lowest BCUT2D eigenvalue weighted by atomic mass is 10.1. The number of benzene rings is 1. The molecular weight excluding hydrogens is 214 g/mol. The number of anilines is 1. The van der Waals surface area contributed by atoms with Crippen molar-refractivity contribution >= 4 is 23.3 Å². The van der Waals surface area contributed by atoms with Crippen LogP contribution in [0.4, 0.5) is 5.69 Å².